The van der Waals surface area contributed by atoms with Gasteiger partial charge in [-0.25, -0.2) is 0 Å². The van der Waals surface area contributed by atoms with E-state index in [-0.39, 0.29) is 5.54 Å². The summed E-state index contributed by atoms with van der Waals surface area (Å²) in [5.41, 5.74) is 6.51. The molecule has 2 aromatic carbocycles. The van der Waals surface area contributed by atoms with Crippen molar-refractivity contribution in [3.8, 4) is 0 Å². The molecule has 0 bridgehead atoms. The van der Waals surface area contributed by atoms with Crippen LogP contribution in [-0.4, -0.2) is 31.4 Å². The number of hydrogen-bond acceptors (Lipinski definition) is 3. The Labute approximate surface area is 177 Å². The summed E-state index contributed by atoms with van der Waals surface area (Å²) in [5.74, 6) is 0.565. The zero-order valence-electron chi connectivity index (χ0n) is 19.1. The monoisotopic (exact) mass is 391 g/mol. The summed E-state index contributed by atoms with van der Waals surface area (Å²) in [6, 6.07) is 15.4. The molecular weight excluding hydrogens is 354 g/mol. The maximum absolute atomic E-state index is 4.73. The number of rotatable bonds is 7. The van der Waals surface area contributed by atoms with Crippen LogP contribution < -0.4 is 9.80 Å². The van der Waals surface area contributed by atoms with E-state index in [1.807, 2.05) is 6.21 Å². The van der Waals surface area contributed by atoms with E-state index in [0.717, 1.165) is 25.3 Å². The molecule has 0 saturated heterocycles. The lowest BCUT2D eigenvalue weighted by Crippen LogP contribution is -2.48. The fourth-order valence-electron chi connectivity index (χ4n) is 4.72. The van der Waals surface area contributed by atoms with Gasteiger partial charge in [0.15, 0.2) is 0 Å². The Morgan fingerprint density at radius 1 is 1.07 bits per heavy atom. The highest BCUT2D eigenvalue weighted by Crippen LogP contribution is 2.43. The Morgan fingerprint density at radius 2 is 1.76 bits per heavy atom. The Balaban J connectivity index is 1.82. The van der Waals surface area contributed by atoms with Crippen LogP contribution in [0.15, 0.2) is 47.5 Å². The topological polar surface area (TPSA) is 18.8 Å². The number of hydrogen-bond donors (Lipinski definition) is 0. The fourth-order valence-corrected chi connectivity index (χ4v) is 4.72. The van der Waals surface area contributed by atoms with Crippen LogP contribution in [0.5, 0.6) is 0 Å². The van der Waals surface area contributed by atoms with Gasteiger partial charge in [-0.05, 0) is 94.0 Å². The van der Waals surface area contributed by atoms with Gasteiger partial charge in [0.2, 0.25) is 0 Å². The van der Waals surface area contributed by atoms with Crippen molar-refractivity contribution in [1.82, 2.24) is 0 Å². The highest BCUT2D eigenvalue weighted by molar-refractivity contribution is 5.84. The van der Waals surface area contributed by atoms with Gasteiger partial charge < -0.3 is 9.80 Å². The van der Waals surface area contributed by atoms with Gasteiger partial charge in [0.05, 0.1) is 5.69 Å². The lowest BCUT2D eigenvalue weighted by Gasteiger charge is -2.47. The molecule has 29 heavy (non-hydrogen) atoms. The zero-order chi connectivity index (χ0) is 21.0. The SMILES string of the molecule is CCCN1c2ccc(C=Nc3ccc(N(CC)CC)cc3)cc2C(C)CC1(C)C. The van der Waals surface area contributed by atoms with Crippen molar-refractivity contribution >= 4 is 23.3 Å². The lowest BCUT2D eigenvalue weighted by atomic mass is 9.79. The summed E-state index contributed by atoms with van der Waals surface area (Å²) in [6.45, 7) is 16.9. The van der Waals surface area contributed by atoms with E-state index >= 15 is 0 Å². The van der Waals surface area contributed by atoms with E-state index in [2.05, 4.69) is 93.8 Å². The molecule has 1 heterocycles. The van der Waals surface area contributed by atoms with Crippen LogP contribution in [0.3, 0.4) is 0 Å². The van der Waals surface area contributed by atoms with Crippen LogP contribution in [0.4, 0.5) is 17.1 Å². The number of benzene rings is 2. The van der Waals surface area contributed by atoms with Gasteiger partial charge in [0.25, 0.3) is 0 Å². The zero-order valence-corrected chi connectivity index (χ0v) is 19.1. The predicted molar refractivity (Wildman–Crippen MR) is 128 cm³/mol. The highest BCUT2D eigenvalue weighted by atomic mass is 15.2. The van der Waals surface area contributed by atoms with Crippen molar-refractivity contribution in [2.24, 2.45) is 4.99 Å². The van der Waals surface area contributed by atoms with Crippen molar-refractivity contribution in [1.29, 1.82) is 0 Å². The fraction of sp³-hybridized carbons (Fsp3) is 0.500. The quantitative estimate of drug-likeness (QED) is 0.484. The molecule has 1 atom stereocenters. The maximum atomic E-state index is 4.73. The molecule has 156 valence electrons. The van der Waals surface area contributed by atoms with Crippen LogP contribution in [0.2, 0.25) is 0 Å². The Bertz CT molecular complexity index is 832. The summed E-state index contributed by atoms with van der Waals surface area (Å²) in [7, 11) is 0. The molecule has 1 unspecified atom stereocenters. The first-order valence-electron chi connectivity index (χ1n) is 11.2. The van der Waals surface area contributed by atoms with E-state index in [0.29, 0.717) is 5.92 Å². The summed E-state index contributed by atoms with van der Waals surface area (Å²) >= 11 is 0. The van der Waals surface area contributed by atoms with Crippen LogP contribution in [0.25, 0.3) is 0 Å². The minimum Gasteiger partial charge on any atom is -0.372 e. The second-order valence-corrected chi connectivity index (χ2v) is 8.83. The third-order valence-electron chi connectivity index (χ3n) is 6.20. The molecule has 3 rings (SSSR count). The van der Waals surface area contributed by atoms with Crippen LogP contribution in [0.1, 0.15) is 71.4 Å². The summed E-state index contributed by atoms with van der Waals surface area (Å²) in [5, 5.41) is 0. The summed E-state index contributed by atoms with van der Waals surface area (Å²) < 4.78 is 0. The third kappa shape index (κ3) is 4.66. The number of anilines is 2. The highest BCUT2D eigenvalue weighted by Gasteiger charge is 2.35. The molecular formula is C26H37N3. The van der Waals surface area contributed by atoms with Crippen molar-refractivity contribution in [2.75, 3.05) is 29.4 Å². The molecule has 0 amide bonds. The average Bonchev–Trinajstić information content (AvgIpc) is 2.71. The molecule has 0 fully saturated rings. The van der Waals surface area contributed by atoms with Gasteiger partial charge in [-0.1, -0.05) is 19.9 Å². The van der Waals surface area contributed by atoms with Crippen molar-refractivity contribution in [3.63, 3.8) is 0 Å². The second-order valence-electron chi connectivity index (χ2n) is 8.83. The van der Waals surface area contributed by atoms with Gasteiger partial charge in [0.1, 0.15) is 0 Å². The average molecular weight is 392 g/mol. The van der Waals surface area contributed by atoms with E-state index in [1.165, 1.54) is 35.3 Å². The van der Waals surface area contributed by atoms with E-state index in [1.54, 1.807) is 0 Å². The lowest BCUT2D eigenvalue weighted by molar-refractivity contribution is 0.376. The molecule has 0 aromatic heterocycles. The number of fused-ring (bicyclic) bond motifs is 1. The van der Waals surface area contributed by atoms with Crippen molar-refractivity contribution < 1.29 is 0 Å². The van der Waals surface area contributed by atoms with E-state index in [9.17, 15) is 0 Å². The predicted octanol–water partition coefficient (Wildman–Crippen LogP) is 6.79. The van der Waals surface area contributed by atoms with Gasteiger partial charge in [-0.15, -0.1) is 0 Å². The molecule has 0 saturated carbocycles. The largest absolute Gasteiger partial charge is 0.372 e. The first-order valence-corrected chi connectivity index (χ1v) is 11.2. The maximum Gasteiger partial charge on any atom is 0.0631 e. The molecule has 0 spiro atoms. The molecule has 2 aromatic rings. The first-order chi connectivity index (χ1) is 13.9. The van der Waals surface area contributed by atoms with Gasteiger partial charge in [-0.3, -0.25) is 4.99 Å². The van der Waals surface area contributed by atoms with Crippen LogP contribution in [-0.2, 0) is 0 Å². The van der Waals surface area contributed by atoms with Gasteiger partial charge >= 0.3 is 0 Å². The van der Waals surface area contributed by atoms with E-state index in [4.69, 9.17) is 4.99 Å². The van der Waals surface area contributed by atoms with Gasteiger partial charge in [-0.2, -0.15) is 0 Å². The van der Waals surface area contributed by atoms with Crippen LogP contribution in [0, 0.1) is 0 Å². The van der Waals surface area contributed by atoms with Crippen molar-refractivity contribution in [2.45, 2.75) is 65.8 Å². The molecule has 0 radical (unpaired) electrons. The number of aliphatic imine (C=N–C) groups is 1. The Hall–Kier alpha value is -2.29. The Morgan fingerprint density at radius 3 is 2.38 bits per heavy atom. The molecule has 0 N–H and O–H groups in total. The standard InChI is InChI=1S/C26H37N3/c1-7-16-29-25-15-10-21(17-24(25)20(4)18-26(29,5)6)19-27-22-11-13-23(14-12-22)28(8-2)9-3/h10-15,17,19-20H,7-9,16,18H2,1-6H3. The van der Waals surface area contributed by atoms with Crippen molar-refractivity contribution in [3.05, 3.63) is 53.6 Å². The minimum atomic E-state index is 0.213. The smallest absolute Gasteiger partial charge is 0.0631 e. The van der Waals surface area contributed by atoms with Gasteiger partial charge in [0, 0.05) is 42.8 Å². The second kappa shape index (κ2) is 9.02. The van der Waals surface area contributed by atoms with E-state index < -0.39 is 0 Å². The first kappa shape index (κ1) is 21.4. The molecule has 1 aliphatic rings. The normalized spacial score (nSPS) is 18.1. The molecule has 0 aliphatic carbocycles. The number of nitrogens with zero attached hydrogens (tertiary/aromatic N) is 3. The summed E-state index contributed by atoms with van der Waals surface area (Å²) in [6.07, 6.45) is 4.36. The third-order valence-corrected chi connectivity index (χ3v) is 6.20. The minimum absolute atomic E-state index is 0.213. The summed E-state index contributed by atoms with van der Waals surface area (Å²) in [4.78, 5) is 9.67. The Kier molecular flexibility index (Phi) is 6.66. The molecule has 1 aliphatic heterocycles. The molecule has 3 nitrogen and oxygen atoms in total. The van der Waals surface area contributed by atoms with Crippen LogP contribution >= 0.6 is 0 Å². The molecule has 3 heteroatoms.